The standard InChI is InChI=1S/C23H23FN2O4/c24-16-2-4-20-19(10-16)21(23(28)25-20)22-18-3-1-14(9-15(18)13-30-22)5-6-26-7-8-29-17(11-26)12-27/h1-4,9-10,17,27H,5-8,11-13H2,(H,25,28)/b22-21+. The lowest BCUT2D eigenvalue weighted by Crippen LogP contribution is -2.44. The van der Waals surface area contributed by atoms with Crippen LogP contribution in [0.4, 0.5) is 10.1 Å². The number of nitrogens with one attached hydrogen (secondary N) is 1. The number of fused-ring (bicyclic) bond motifs is 2. The molecule has 6 nitrogen and oxygen atoms in total. The third-order valence-corrected chi connectivity index (χ3v) is 5.88. The number of amides is 1. The van der Waals surface area contributed by atoms with Gasteiger partial charge in [-0.25, -0.2) is 4.39 Å². The van der Waals surface area contributed by atoms with Crippen molar-refractivity contribution in [3.8, 4) is 0 Å². The van der Waals surface area contributed by atoms with Crippen LogP contribution in [0.5, 0.6) is 0 Å². The van der Waals surface area contributed by atoms with E-state index in [9.17, 15) is 14.3 Å². The summed E-state index contributed by atoms with van der Waals surface area (Å²) in [6.07, 6.45) is 0.776. The molecule has 1 saturated heterocycles. The molecule has 0 bridgehead atoms. The van der Waals surface area contributed by atoms with E-state index in [0.717, 1.165) is 37.2 Å². The van der Waals surface area contributed by atoms with Crippen molar-refractivity contribution in [3.63, 3.8) is 0 Å². The minimum Gasteiger partial charge on any atom is -0.487 e. The van der Waals surface area contributed by atoms with Crippen LogP contribution in [0.2, 0.25) is 0 Å². The molecule has 30 heavy (non-hydrogen) atoms. The van der Waals surface area contributed by atoms with Gasteiger partial charge in [0.05, 0.1) is 24.9 Å². The van der Waals surface area contributed by atoms with Gasteiger partial charge in [0.1, 0.15) is 18.2 Å². The topological polar surface area (TPSA) is 71.0 Å². The zero-order valence-electron chi connectivity index (χ0n) is 16.5. The number of morpholine rings is 1. The second-order valence-electron chi connectivity index (χ2n) is 7.85. The maximum absolute atomic E-state index is 13.8. The van der Waals surface area contributed by atoms with E-state index in [2.05, 4.69) is 22.3 Å². The summed E-state index contributed by atoms with van der Waals surface area (Å²) in [5.41, 5.74) is 4.63. The second-order valence-corrected chi connectivity index (χ2v) is 7.85. The van der Waals surface area contributed by atoms with Gasteiger partial charge < -0.3 is 19.9 Å². The molecule has 1 unspecified atom stereocenters. The Morgan fingerprint density at radius 2 is 2.10 bits per heavy atom. The Bertz CT molecular complexity index is 1040. The van der Waals surface area contributed by atoms with E-state index in [-0.39, 0.29) is 24.4 Å². The van der Waals surface area contributed by atoms with Crippen molar-refractivity contribution in [2.45, 2.75) is 19.1 Å². The Kier molecular flexibility index (Phi) is 5.02. The SMILES string of the molecule is O=C1Nc2ccc(F)cc2/C1=C1\OCc2cc(CCN3CCOC(CO)C3)ccc21. The molecule has 1 fully saturated rings. The number of carbonyl (C=O) groups excluding carboxylic acids is 1. The third-order valence-electron chi connectivity index (χ3n) is 5.88. The number of halogens is 1. The maximum Gasteiger partial charge on any atom is 0.260 e. The monoisotopic (exact) mass is 410 g/mol. The van der Waals surface area contributed by atoms with Crippen LogP contribution in [0.3, 0.4) is 0 Å². The van der Waals surface area contributed by atoms with Crippen molar-refractivity contribution in [1.82, 2.24) is 4.90 Å². The van der Waals surface area contributed by atoms with Gasteiger partial charge in [-0.3, -0.25) is 9.69 Å². The second kappa shape index (κ2) is 7.83. The van der Waals surface area contributed by atoms with Gasteiger partial charge in [0.25, 0.3) is 5.91 Å². The highest BCUT2D eigenvalue weighted by molar-refractivity contribution is 6.36. The van der Waals surface area contributed by atoms with E-state index >= 15 is 0 Å². The van der Waals surface area contributed by atoms with Crippen molar-refractivity contribution in [2.75, 3.05) is 38.2 Å². The molecule has 0 aromatic heterocycles. The summed E-state index contributed by atoms with van der Waals surface area (Å²) in [5, 5.41) is 12.1. The van der Waals surface area contributed by atoms with Crippen LogP contribution >= 0.6 is 0 Å². The molecule has 2 aromatic rings. The molecule has 3 aliphatic heterocycles. The predicted octanol–water partition coefficient (Wildman–Crippen LogP) is 2.41. The van der Waals surface area contributed by atoms with Crippen LogP contribution < -0.4 is 5.32 Å². The normalized spacial score (nSPS) is 23.1. The van der Waals surface area contributed by atoms with Gasteiger partial charge in [-0.2, -0.15) is 0 Å². The fourth-order valence-corrected chi connectivity index (χ4v) is 4.32. The lowest BCUT2D eigenvalue weighted by Gasteiger charge is -2.31. The molecular formula is C23H23FN2O4. The molecule has 1 amide bonds. The van der Waals surface area contributed by atoms with Crippen molar-refractivity contribution in [1.29, 1.82) is 0 Å². The van der Waals surface area contributed by atoms with Gasteiger partial charge in [0.15, 0.2) is 0 Å². The fraction of sp³-hybridized carbons (Fsp3) is 0.348. The van der Waals surface area contributed by atoms with Crippen molar-refractivity contribution in [3.05, 3.63) is 64.5 Å². The van der Waals surface area contributed by atoms with Crippen LogP contribution in [0.1, 0.15) is 22.3 Å². The molecule has 156 valence electrons. The first-order valence-corrected chi connectivity index (χ1v) is 10.2. The van der Waals surface area contributed by atoms with Crippen molar-refractivity contribution < 1.29 is 23.8 Å². The Balaban J connectivity index is 1.37. The summed E-state index contributed by atoms with van der Waals surface area (Å²) in [5.74, 6) is -0.144. The van der Waals surface area contributed by atoms with E-state index in [0.29, 0.717) is 35.8 Å². The molecule has 0 radical (unpaired) electrons. The molecule has 5 rings (SSSR count). The number of anilines is 1. The molecule has 0 saturated carbocycles. The van der Waals surface area contributed by atoms with E-state index < -0.39 is 0 Å². The molecule has 3 aliphatic rings. The molecule has 1 atom stereocenters. The van der Waals surface area contributed by atoms with Gasteiger partial charge >= 0.3 is 0 Å². The van der Waals surface area contributed by atoms with Gasteiger partial charge in [0, 0.05) is 42.0 Å². The Hall–Kier alpha value is -2.74. The summed E-state index contributed by atoms with van der Waals surface area (Å²) >= 11 is 0. The zero-order valence-corrected chi connectivity index (χ0v) is 16.5. The Morgan fingerprint density at radius 3 is 2.97 bits per heavy atom. The number of hydrogen-bond donors (Lipinski definition) is 2. The number of rotatable bonds is 4. The van der Waals surface area contributed by atoms with Gasteiger partial charge in [-0.05, 0) is 30.2 Å². The fourth-order valence-electron chi connectivity index (χ4n) is 4.32. The molecule has 7 heteroatoms. The highest BCUT2D eigenvalue weighted by Gasteiger charge is 2.32. The van der Waals surface area contributed by atoms with E-state index in [1.165, 1.54) is 17.7 Å². The van der Waals surface area contributed by atoms with Gasteiger partial charge in [-0.15, -0.1) is 0 Å². The largest absolute Gasteiger partial charge is 0.487 e. The molecular weight excluding hydrogens is 387 g/mol. The molecule has 3 heterocycles. The van der Waals surface area contributed by atoms with Crippen LogP contribution in [-0.4, -0.2) is 54.9 Å². The average molecular weight is 410 g/mol. The Labute approximate surface area is 173 Å². The van der Waals surface area contributed by atoms with Crippen molar-refractivity contribution in [2.24, 2.45) is 0 Å². The Morgan fingerprint density at radius 1 is 1.20 bits per heavy atom. The van der Waals surface area contributed by atoms with Gasteiger partial charge in [0.2, 0.25) is 0 Å². The smallest absolute Gasteiger partial charge is 0.260 e. The summed E-state index contributed by atoms with van der Waals surface area (Å²) in [7, 11) is 0. The molecule has 0 spiro atoms. The minimum absolute atomic E-state index is 0.0464. The highest BCUT2D eigenvalue weighted by atomic mass is 19.1. The van der Waals surface area contributed by atoms with Crippen LogP contribution in [0.15, 0.2) is 36.4 Å². The molecule has 0 aliphatic carbocycles. The lowest BCUT2D eigenvalue weighted by molar-refractivity contribution is -0.110. The minimum atomic E-state index is -0.386. The maximum atomic E-state index is 13.8. The third kappa shape index (κ3) is 3.49. The predicted molar refractivity (Wildman–Crippen MR) is 110 cm³/mol. The number of ether oxygens (including phenoxy) is 2. The number of hydrogen-bond acceptors (Lipinski definition) is 5. The first-order valence-electron chi connectivity index (χ1n) is 10.2. The highest BCUT2D eigenvalue weighted by Crippen LogP contribution is 2.41. The van der Waals surface area contributed by atoms with Crippen LogP contribution in [0.25, 0.3) is 11.3 Å². The first kappa shape index (κ1) is 19.2. The number of aliphatic hydroxyl groups excluding tert-OH is 1. The summed E-state index contributed by atoms with van der Waals surface area (Å²) in [6, 6.07) is 10.4. The van der Waals surface area contributed by atoms with E-state index in [1.807, 2.05) is 6.07 Å². The zero-order chi connectivity index (χ0) is 20.7. The van der Waals surface area contributed by atoms with Crippen LogP contribution in [-0.2, 0) is 27.3 Å². The van der Waals surface area contributed by atoms with Gasteiger partial charge in [-0.1, -0.05) is 18.2 Å². The quantitative estimate of drug-likeness (QED) is 0.758. The number of carbonyl (C=O) groups is 1. The first-order chi connectivity index (χ1) is 14.6. The summed E-state index contributed by atoms with van der Waals surface area (Å²) in [4.78, 5) is 14.8. The van der Waals surface area contributed by atoms with Crippen LogP contribution in [0, 0.1) is 5.82 Å². The van der Waals surface area contributed by atoms with Crippen molar-refractivity contribution >= 4 is 22.9 Å². The average Bonchev–Trinajstić information content (AvgIpc) is 3.31. The molecule has 2 aromatic carbocycles. The lowest BCUT2D eigenvalue weighted by atomic mass is 9.98. The number of benzene rings is 2. The number of nitrogens with zero attached hydrogens (tertiary/aromatic N) is 1. The number of aliphatic hydroxyl groups is 1. The summed E-state index contributed by atoms with van der Waals surface area (Å²) in [6.45, 7) is 3.58. The van der Waals surface area contributed by atoms with E-state index in [4.69, 9.17) is 9.47 Å². The summed E-state index contributed by atoms with van der Waals surface area (Å²) < 4.78 is 25.2. The van der Waals surface area contributed by atoms with E-state index in [1.54, 1.807) is 6.07 Å². The molecule has 2 N–H and O–H groups in total.